The molecule has 0 aliphatic heterocycles. The topological polar surface area (TPSA) is 42.0 Å². The number of nitrogens with one attached hydrogen (secondary N) is 1. The first-order chi connectivity index (χ1) is 9.54. The van der Waals surface area contributed by atoms with Gasteiger partial charge in [0.15, 0.2) is 5.13 Å². The van der Waals surface area contributed by atoms with Gasteiger partial charge < -0.3 is 5.32 Å². The van der Waals surface area contributed by atoms with Gasteiger partial charge in [0.1, 0.15) is 0 Å². The largest absolute Gasteiger partial charge is 0.302 e. The van der Waals surface area contributed by atoms with E-state index in [0.29, 0.717) is 10.7 Å². The van der Waals surface area contributed by atoms with Crippen LogP contribution in [-0.4, -0.2) is 15.2 Å². The standard InChI is InChI=1S/C15H19BrN2OS/c16-15-6-10-3-11(7-15)5-14(4-10,9-15)8-12(19)18-13-17-1-2-20-13/h1-2,10-11H,3-9H2,(H,17,18,19)/t10-,11-,14?,15?/m0/s1. The molecule has 0 aromatic carbocycles. The summed E-state index contributed by atoms with van der Waals surface area (Å²) in [4.78, 5) is 16.5. The maximum Gasteiger partial charge on any atom is 0.226 e. The number of thiazole rings is 1. The summed E-state index contributed by atoms with van der Waals surface area (Å²) < 4.78 is 0.332. The Balaban J connectivity index is 1.49. The number of carbonyl (C=O) groups is 1. The fourth-order valence-electron chi connectivity index (χ4n) is 5.33. The Labute approximate surface area is 131 Å². The fraction of sp³-hybridized carbons (Fsp3) is 0.733. The van der Waals surface area contributed by atoms with Gasteiger partial charge in [-0.1, -0.05) is 15.9 Å². The van der Waals surface area contributed by atoms with Gasteiger partial charge in [-0.15, -0.1) is 11.3 Å². The molecule has 1 N–H and O–H groups in total. The van der Waals surface area contributed by atoms with Crippen molar-refractivity contribution < 1.29 is 4.79 Å². The van der Waals surface area contributed by atoms with Crippen LogP contribution >= 0.6 is 27.3 Å². The number of nitrogens with zero attached hydrogens (tertiary/aromatic N) is 1. The van der Waals surface area contributed by atoms with E-state index in [4.69, 9.17) is 0 Å². The average molecular weight is 355 g/mol. The van der Waals surface area contributed by atoms with Crippen LogP contribution in [0.15, 0.2) is 11.6 Å². The molecule has 0 spiro atoms. The SMILES string of the molecule is O=C(CC12C[C@@H]3C[C@H](CC(Br)(C3)C1)C2)Nc1nccs1. The second-order valence-electron chi connectivity index (χ2n) is 7.17. The molecule has 1 amide bonds. The van der Waals surface area contributed by atoms with Crippen LogP contribution in [0, 0.1) is 17.3 Å². The second-order valence-corrected chi connectivity index (χ2v) is 9.75. The first kappa shape index (κ1) is 13.3. The molecular weight excluding hydrogens is 336 g/mol. The number of aromatic nitrogens is 1. The molecular formula is C15H19BrN2OS. The molecule has 5 rings (SSSR count). The van der Waals surface area contributed by atoms with Crippen LogP contribution in [0.4, 0.5) is 5.13 Å². The Bertz CT molecular complexity index is 516. The van der Waals surface area contributed by atoms with Crippen LogP contribution in [0.25, 0.3) is 0 Å². The third kappa shape index (κ3) is 2.33. The van der Waals surface area contributed by atoms with Gasteiger partial charge in [-0.3, -0.25) is 4.79 Å². The average Bonchev–Trinajstić information content (AvgIpc) is 2.76. The normalized spacial score (nSPS) is 41.9. The van der Waals surface area contributed by atoms with Crippen molar-refractivity contribution in [2.24, 2.45) is 17.3 Å². The minimum absolute atomic E-state index is 0.151. The van der Waals surface area contributed by atoms with Gasteiger partial charge in [-0.05, 0) is 55.8 Å². The van der Waals surface area contributed by atoms with Gasteiger partial charge in [0.05, 0.1) is 0 Å². The molecule has 108 valence electrons. The number of amides is 1. The number of hydrogen-bond donors (Lipinski definition) is 1. The highest BCUT2D eigenvalue weighted by molar-refractivity contribution is 9.10. The van der Waals surface area contributed by atoms with E-state index in [9.17, 15) is 4.79 Å². The Kier molecular flexibility index (Phi) is 3.01. The first-order valence-electron chi connectivity index (χ1n) is 7.43. The van der Waals surface area contributed by atoms with E-state index < -0.39 is 0 Å². The number of carbonyl (C=O) groups excluding carboxylic acids is 1. The van der Waals surface area contributed by atoms with Crippen molar-refractivity contribution in [3.63, 3.8) is 0 Å². The molecule has 4 saturated carbocycles. The predicted molar refractivity (Wildman–Crippen MR) is 84.1 cm³/mol. The maximum absolute atomic E-state index is 12.3. The van der Waals surface area contributed by atoms with Crippen molar-refractivity contribution in [2.75, 3.05) is 5.32 Å². The van der Waals surface area contributed by atoms with Gasteiger partial charge in [0, 0.05) is 22.3 Å². The van der Waals surface area contributed by atoms with Crippen LogP contribution in [0.2, 0.25) is 0 Å². The summed E-state index contributed by atoms with van der Waals surface area (Å²) in [6.07, 6.45) is 10.1. The molecule has 1 heterocycles. The highest BCUT2D eigenvalue weighted by Gasteiger charge is 2.57. The Morgan fingerprint density at radius 2 is 2.15 bits per heavy atom. The van der Waals surface area contributed by atoms with Gasteiger partial charge in [0.25, 0.3) is 0 Å². The third-order valence-corrected chi connectivity index (χ3v) is 6.94. The van der Waals surface area contributed by atoms with Crippen molar-refractivity contribution in [1.29, 1.82) is 0 Å². The van der Waals surface area contributed by atoms with E-state index in [1.165, 1.54) is 49.9 Å². The van der Waals surface area contributed by atoms with Crippen LogP contribution in [0.1, 0.15) is 44.9 Å². The third-order valence-electron chi connectivity index (χ3n) is 5.33. The minimum atomic E-state index is 0.151. The molecule has 4 fully saturated rings. The number of hydrogen-bond acceptors (Lipinski definition) is 3. The molecule has 5 heteroatoms. The molecule has 4 bridgehead atoms. The van der Waals surface area contributed by atoms with Crippen LogP contribution < -0.4 is 5.32 Å². The lowest BCUT2D eigenvalue weighted by molar-refractivity contribution is -0.123. The van der Waals surface area contributed by atoms with Gasteiger partial charge >= 0.3 is 0 Å². The highest BCUT2D eigenvalue weighted by atomic mass is 79.9. The van der Waals surface area contributed by atoms with Crippen LogP contribution in [-0.2, 0) is 4.79 Å². The van der Waals surface area contributed by atoms with Gasteiger partial charge in [-0.2, -0.15) is 0 Å². The molecule has 4 aliphatic carbocycles. The van der Waals surface area contributed by atoms with Crippen LogP contribution in [0.5, 0.6) is 0 Å². The zero-order valence-electron chi connectivity index (χ0n) is 11.4. The zero-order chi connectivity index (χ0) is 13.8. The van der Waals surface area contributed by atoms with Crippen molar-refractivity contribution in [3.8, 4) is 0 Å². The molecule has 0 saturated heterocycles. The van der Waals surface area contributed by atoms with Crippen molar-refractivity contribution in [2.45, 2.75) is 49.3 Å². The summed E-state index contributed by atoms with van der Waals surface area (Å²) >= 11 is 5.49. The quantitative estimate of drug-likeness (QED) is 0.826. The maximum atomic E-state index is 12.3. The summed E-state index contributed by atoms with van der Waals surface area (Å²) in [6.45, 7) is 0. The summed E-state index contributed by atoms with van der Waals surface area (Å²) in [6, 6.07) is 0. The molecule has 20 heavy (non-hydrogen) atoms. The minimum Gasteiger partial charge on any atom is -0.302 e. The molecule has 0 radical (unpaired) electrons. The first-order valence-corrected chi connectivity index (χ1v) is 9.10. The summed E-state index contributed by atoms with van der Waals surface area (Å²) in [5.41, 5.74) is 0.245. The molecule has 3 nitrogen and oxygen atoms in total. The second kappa shape index (κ2) is 4.54. The van der Waals surface area contributed by atoms with Crippen molar-refractivity contribution >= 4 is 38.3 Å². The van der Waals surface area contributed by atoms with E-state index in [1.807, 2.05) is 5.38 Å². The fourth-order valence-corrected chi connectivity index (χ4v) is 7.39. The summed E-state index contributed by atoms with van der Waals surface area (Å²) in [5.74, 6) is 1.82. The van der Waals surface area contributed by atoms with Crippen LogP contribution in [0.3, 0.4) is 0 Å². The number of rotatable bonds is 3. The molecule has 0 unspecified atom stereocenters. The van der Waals surface area contributed by atoms with E-state index in [-0.39, 0.29) is 11.3 Å². The monoisotopic (exact) mass is 354 g/mol. The lowest BCUT2D eigenvalue weighted by Gasteiger charge is -2.60. The number of anilines is 1. The molecule has 1 aromatic heterocycles. The Hall–Kier alpha value is -0.420. The van der Waals surface area contributed by atoms with Crippen molar-refractivity contribution in [1.82, 2.24) is 4.98 Å². The predicted octanol–water partition coefficient (Wildman–Crippen LogP) is 4.21. The van der Waals surface area contributed by atoms with Crippen molar-refractivity contribution in [3.05, 3.63) is 11.6 Å². The van der Waals surface area contributed by atoms with E-state index >= 15 is 0 Å². The highest BCUT2D eigenvalue weighted by Crippen LogP contribution is 2.65. The molecule has 4 aliphatic rings. The molecule has 1 aromatic rings. The van der Waals surface area contributed by atoms with E-state index in [2.05, 4.69) is 26.2 Å². The van der Waals surface area contributed by atoms with Gasteiger partial charge in [0.2, 0.25) is 5.91 Å². The lowest BCUT2D eigenvalue weighted by atomic mass is 9.48. The molecule has 2 atom stereocenters. The van der Waals surface area contributed by atoms with E-state index in [0.717, 1.165) is 17.0 Å². The van der Waals surface area contributed by atoms with Gasteiger partial charge in [-0.25, -0.2) is 4.98 Å². The Morgan fingerprint density at radius 3 is 2.75 bits per heavy atom. The van der Waals surface area contributed by atoms with E-state index in [1.54, 1.807) is 6.20 Å². The number of halogens is 1. The lowest BCUT2D eigenvalue weighted by Crippen LogP contribution is -2.53. The Morgan fingerprint density at radius 1 is 1.40 bits per heavy atom. The summed E-state index contributed by atoms with van der Waals surface area (Å²) in [7, 11) is 0. The number of alkyl halides is 1. The smallest absolute Gasteiger partial charge is 0.226 e. The summed E-state index contributed by atoms with van der Waals surface area (Å²) in [5, 5.41) is 5.59. The zero-order valence-corrected chi connectivity index (χ0v) is 13.8.